The summed E-state index contributed by atoms with van der Waals surface area (Å²) in [4.78, 5) is 8.82. The number of aromatic amines is 1. The highest BCUT2D eigenvalue weighted by molar-refractivity contribution is 5.49. The van der Waals surface area contributed by atoms with Crippen molar-refractivity contribution >= 4 is 0 Å². The van der Waals surface area contributed by atoms with E-state index in [4.69, 9.17) is 0 Å². The summed E-state index contributed by atoms with van der Waals surface area (Å²) in [6, 6.07) is 2.02. The van der Waals surface area contributed by atoms with Gasteiger partial charge in [-0.1, -0.05) is 34.6 Å². The third-order valence-corrected chi connectivity index (χ3v) is 2.89. The largest absolute Gasteiger partial charge is 0.282 e. The Balaban J connectivity index is 2.17. The van der Waals surface area contributed by atoms with Crippen molar-refractivity contribution in [2.24, 2.45) is 5.41 Å². The van der Waals surface area contributed by atoms with Crippen LogP contribution in [0.15, 0.2) is 18.5 Å². The summed E-state index contributed by atoms with van der Waals surface area (Å²) in [5.74, 6) is 1.11. The number of H-pyrrole nitrogens is 1. The van der Waals surface area contributed by atoms with Crippen LogP contribution in [0.5, 0.6) is 0 Å². The highest BCUT2D eigenvalue weighted by Gasteiger charge is 2.13. The van der Waals surface area contributed by atoms with Gasteiger partial charge in [-0.3, -0.25) is 5.10 Å². The predicted molar refractivity (Wildman–Crippen MR) is 76.9 cm³/mol. The number of hydrogen-bond acceptors (Lipinski definition) is 3. The number of rotatable bonds is 3. The first-order valence-electron chi connectivity index (χ1n) is 6.72. The van der Waals surface area contributed by atoms with Gasteiger partial charge in [-0.25, -0.2) is 9.97 Å². The van der Waals surface area contributed by atoms with Crippen LogP contribution in [0.3, 0.4) is 0 Å². The van der Waals surface area contributed by atoms with E-state index < -0.39 is 0 Å². The van der Waals surface area contributed by atoms with E-state index in [1.54, 1.807) is 0 Å². The normalized spacial score (nSPS) is 12.1. The fourth-order valence-electron chi connectivity index (χ4n) is 1.94. The number of nitrogens with zero attached hydrogens (tertiary/aromatic N) is 3. The Hall–Kier alpha value is -1.71. The van der Waals surface area contributed by atoms with Crippen LogP contribution in [0.25, 0.3) is 11.5 Å². The first-order chi connectivity index (χ1) is 8.85. The zero-order valence-electron chi connectivity index (χ0n) is 12.4. The lowest BCUT2D eigenvalue weighted by molar-refractivity contribution is 0.410. The fraction of sp³-hybridized carbons (Fsp3) is 0.533. The molecular formula is C15H22N4. The van der Waals surface area contributed by atoms with Crippen molar-refractivity contribution in [1.29, 1.82) is 0 Å². The minimum absolute atomic E-state index is 0.252. The molecule has 2 heterocycles. The third-order valence-electron chi connectivity index (χ3n) is 2.89. The predicted octanol–water partition coefficient (Wildman–Crippen LogP) is 3.58. The number of nitrogens with one attached hydrogen (secondary N) is 1. The molecule has 0 unspecified atom stereocenters. The van der Waals surface area contributed by atoms with Gasteiger partial charge in [0.05, 0.1) is 0 Å². The minimum atomic E-state index is 0.252. The highest BCUT2D eigenvalue weighted by atomic mass is 15.1. The molecular weight excluding hydrogens is 236 g/mol. The average molecular weight is 258 g/mol. The van der Waals surface area contributed by atoms with E-state index in [-0.39, 0.29) is 5.41 Å². The van der Waals surface area contributed by atoms with Crippen LogP contribution >= 0.6 is 0 Å². The maximum absolute atomic E-state index is 4.41. The van der Waals surface area contributed by atoms with E-state index in [2.05, 4.69) is 54.8 Å². The first-order valence-corrected chi connectivity index (χ1v) is 6.72. The summed E-state index contributed by atoms with van der Waals surface area (Å²) >= 11 is 0. The topological polar surface area (TPSA) is 54.5 Å². The molecule has 0 fully saturated rings. The molecule has 0 spiro atoms. The van der Waals surface area contributed by atoms with Crippen LogP contribution in [-0.2, 0) is 6.42 Å². The zero-order valence-corrected chi connectivity index (χ0v) is 12.4. The van der Waals surface area contributed by atoms with Gasteiger partial charge in [0, 0.05) is 18.1 Å². The van der Waals surface area contributed by atoms with Gasteiger partial charge < -0.3 is 0 Å². The Labute approximate surface area is 114 Å². The summed E-state index contributed by atoms with van der Waals surface area (Å²) in [5.41, 5.74) is 3.33. The Morgan fingerprint density at radius 3 is 2.26 bits per heavy atom. The molecule has 0 radical (unpaired) electrons. The molecule has 19 heavy (non-hydrogen) atoms. The van der Waals surface area contributed by atoms with Crippen LogP contribution in [0, 0.1) is 5.41 Å². The monoisotopic (exact) mass is 258 g/mol. The molecule has 0 aromatic carbocycles. The fourth-order valence-corrected chi connectivity index (χ4v) is 1.94. The highest BCUT2D eigenvalue weighted by Crippen LogP contribution is 2.21. The molecule has 2 aromatic heterocycles. The molecule has 0 aliphatic heterocycles. The molecule has 0 aliphatic carbocycles. The van der Waals surface area contributed by atoms with Crippen molar-refractivity contribution in [3.63, 3.8) is 0 Å². The second-order valence-corrected chi connectivity index (χ2v) is 6.52. The molecule has 0 saturated heterocycles. The standard InChI is InChI=1S/C15H22N4/c1-10(2)12-6-13(19-18-12)14-16-8-11(9-17-14)7-15(3,4)5/h6,8-10H,7H2,1-5H3,(H,18,19). The summed E-state index contributed by atoms with van der Waals surface area (Å²) in [6.45, 7) is 10.9. The molecule has 0 bridgehead atoms. The minimum Gasteiger partial charge on any atom is -0.282 e. The van der Waals surface area contributed by atoms with Gasteiger partial charge in [0.2, 0.25) is 0 Å². The van der Waals surface area contributed by atoms with E-state index in [0.29, 0.717) is 11.7 Å². The van der Waals surface area contributed by atoms with Gasteiger partial charge in [-0.05, 0) is 29.4 Å². The van der Waals surface area contributed by atoms with Crippen molar-refractivity contribution in [1.82, 2.24) is 20.2 Å². The van der Waals surface area contributed by atoms with Gasteiger partial charge in [-0.15, -0.1) is 0 Å². The van der Waals surface area contributed by atoms with Crippen LogP contribution in [0.2, 0.25) is 0 Å². The van der Waals surface area contributed by atoms with Gasteiger partial charge in [-0.2, -0.15) is 5.10 Å². The lowest BCUT2D eigenvalue weighted by Gasteiger charge is -2.17. The molecule has 0 aliphatic rings. The van der Waals surface area contributed by atoms with E-state index >= 15 is 0 Å². The second kappa shape index (κ2) is 5.11. The molecule has 0 saturated carbocycles. The summed E-state index contributed by atoms with van der Waals surface area (Å²) in [7, 11) is 0. The molecule has 2 aromatic rings. The molecule has 4 heteroatoms. The Bertz CT molecular complexity index is 532. The summed E-state index contributed by atoms with van der Waals surface area (Å²) in [6.07, 6.45) is 4.78. The van der Waals surface area contributed by atoms with E-state index in [1.807, 2.05) is 18.5 Å². The van der Waals surface area contributed by atoms with Gasteiger partial charge >= 0.3 is 0 Å². The van der Waals surface area contributed by atoms with Crippen LogP contribution in [0.4, 0.5) is 0 Å². The smallest absolute Gasteiger partial charge is 0.180 e. The molecule has 0 amide bonds. The SMILES string of the molecule is CC(C)c1cc(-c2ncc(CC(C)(C)C)cn2)n[nH]1. The van der Waals surface area contributed by atoms with Crippen molar-refractivity contribution < 1.29 is 0 Å². The van der Waals surface area contributed by atoms with Crippen molar-refractivity contribution in [3.05, 3.63) is 29.7 Å². The zero-order chi connectivity index (χ0) is 14.0. The molecule has 4 nitrogen and oxygen atoms in total. The van der Waals surface area contributed by atoms with E-state index in [9.17, 15) is 0 Å². The lowest BCUT2D eigenvalue weighted by atomic mass is 9.89. The van der Waals surface area contributed by atoms with Crippen LogP contribution in [-0.4, -0.2) is 20.2 Å². The van der Waals surface area contributed by atoms with Crippen LogP contribution < -0.4 is 0 Å². The summed E-state index contributed by atoms with van der Waals surface area (Å²) in [5, 5.41) is 7.29. The summed E-state index contributed by atoms with van der Waals surface area (Å²) < 4.78 is 0. The molecule has 1 N–H and O–H groups in total. The number of aromatic nitrogens is 4. The van der Waals surface area contributed by atoms with Gasteiger partial charge in [0.1, 0.15) is 5.69 Å². The van der Waals surface area contributed by atoms with Gasteiger partial charge in [0.25, 0.3) is 0 Å². The van der Waals surface area contributed by atoms with Crippen molar-refractivity contribution in [3.8, 4) is 11.5 Å². The Morgan fingerprint density at radius 1 is 1.16 bits per heavy atom. The average Bonchev–Trinajstić information content (AvgIpc) is 2.77. The maximum Gasteiger partial charge on any atom is 0.180 e. The maximum atomic E-state index is 4.41. The quantitative estimate of drug-likeness (QED) is 0.915. The van der Waals surface area contributed by atoms with Crippen LogP contribution in [0.1, 0.15) is 51.8 Å². The second-order valence-electron chi connectivity index (χ2n) is 6.52. The first kappa shape index (κ1) is 13.7. The van der Waals surface area contributed by atoms with Crippen molar-refractivity contribution in [2.45, 2.75) is 47.0 Å². The van der Waals surface area contributed by atoms with E-state index in [1.165, 1.54) is 0 Å². The molecule has 0 atom stereocenters. The van der Waals surface area contributed by atoms with E-state index in [0.717, 1.165) is 23.4 Å². The third kappa shape index (κ3) is 3.63. The van der Waals surface area contributed by atoms with Gasteiger partial charge in [0.15, 0.2) is 5.82 Å². The Kier molecular flexibility index (Phi) is 3.69. The number of hydrogen-bond donors (Lipinski definition) is 1. The molecule has 2 rings (SSSR count). The lowest BCUT2D eigenvalue weighted by Crippen LogP contribution is -2.09. The molecule has 102 valence electrons. The Morgan fingerprint density at radius 2 is 1.79 bits per heavy atom. The van der Waals surface area contributed by atoms with Crippen molar-refractivity contribution in [2.75, 3.05) is 0 Å².